The molecule has 1 heterocycles. The van der Waals surface area contributed by atoms with Crippen molar-refractivity contribution in [2.75, 3.05) is 33.4 Å². The highest BCUT2D eigenvalue weighted by atomic mass is 16.5. The summed E-state index contributed by atoms with van der Waals surface area (Å²) in [4.78, 5) is 14.5. The molecule has 21 heavy (non-hydrogen) atoms. The van der Waals surface area contributed by atoms with Crippen LogP contribution in [0, 0.1) is 11.3 Å². The Kier molecular flexibility index (Phi) is 5.73. The fraction of sp³-hybridized carbons (Fsp3) is 0.500. The van der Waals surface area contributed by atoms with Gasteiger partial charge in [0.05, 0.1) is 19.1 Å². The number of nitrogens with zero attached hydrogens (tertiary/aromatic N) is 2. The summed E-state index contributed by atoms with van der Waals surface area (Å²) in [5.74, 6) is 0.0226. The average Bonchev–Trinajstić information content (AvgIpc) is 2.54. The van der Waals surface area contributed by atoms with E-state index in [1.54, 1.807) is 12.0 Å². The molecule has 5 nitrogen and oxygen atoms in total. The van der Waals surface area contributed by atoms with Gasteiger partial charge in [-0.05, 0) is 17.5 Å². The quantitative estimate of drug-likeness (QED) is 0.855. The molecule has 0 aliphatic carbocycles. The Balaban J connectivity index is 2.15. The molecule has 0 saturated carbocycles. The van der Waals surface area contributed by atoms with E-state index in [9.17, 15) is 4.79 Å². The van der Waals surface area contributed by atoms with E-state index in [-0.39, 0.29) is 11.9 Å². The van der Waals surface area contributed by atoms with Gasteiger partial charge in [0.1, 0.15) is 6.04 Å². The molecule has 112 valence electrons. The van der Waals surface area contributed by atoms with Gasteiger partial charge in [-0.2, -0.15) is 5.26 Å². The zero-order valence-corrected chi connectivity index (χ0v) is 12.3. The first kappa shape index (κ1) is 15.5. The molecule has 0 fully saturated rings. The van der Waals surface area contributed by atoms with Crippen LogP contribution in [0.1, 0.15) is 23.6 Å². The normalized spacial score (nSPS) is 16.9. The van der Waals surface area contributed by atoms with E-state index in [0.717, 1.165) is 18.5 Å². The van der Waals surface area contributed by atoms with Crippen LogP contribution in [0.3, 0.4) is 0 Å². The molecule has 1 unspecified atom stereocenters. The van der Waals surface area contributed by atoms with E-state index >= 15 is 0 Å². The van der Waals surface area contributed by atoms with Gasteiger partial charge in [-0.3, -0.25) is 4.79 Å². The lowest BCUT2D eigenvalue weighted by Gasteiger charge is -2.31. The molecule has 1 N–H and O–H groups in total. The minimum atomic E-state index is -0.314. The van der Waals surface area contributed by atoms with Crippen molar-refractivity contribution in [2.45, 2.75) is 18.9 Å². The molecule has 1 atom stereocenters. The topological polar surface area (TPSA) is 65.4 Å². The molecule has 2 rings (SSSR count). The first-order chi connectivity index (χ1) is 10.3. The predicted molar refractivity (Wildman–Crippen MR) is 79.6 cm³/mol. The predicted octanol–water partition coefficient (Wildman–Crippen LogP) is 1.26. The van der Waals surface area contributed by atoms with Crippen molar-refractivity contribution >= 4 is 5.91 Å². The zero-order chi connectivity index (χ0) is 15.1. The summed E-state index contributed by atoms with van der Waals surface area (Å²) in [5.41, 5.74) is 2.27. The molecule has 1 amide bonds. The summed E-state index contributed by atoms with van der Waals surface area (Å²) >= 11 is 0. The van der Waals surface area contributed by atoms with E-state index in [1.807, 2.05) is 18.2 Å². The maximum Gasteiger partial charge on any atom is 0.244 e. The van der Waals surface area contributed by atoms with E-state index < -0.39 is 0 Å². The third-order valence-electron chi connectivity index (χ3n) is 3.73. The summed E-state index contributed by atoms with van der Waals surface area (Å²) < 4.78 is 5.06. The minimum Gasteiger partial charge on any atom is -0.383 e. The fourth-order valence-corrected chi connectivity index (χ4v) is 2.63. The van der Waals surface area contributed by atoms with Crippen LogP contribution < -0.4 is 5.32 Å². The molecule has 1 aliphatic rings. The second kappa shape index (κ2) is 7.77. The van der Waals surface area contributed by atoms with Crippen LogP contribution in [0.5, 0.6) is 0 Å². The second-order valence-electron chi connectivity index (χ2n) is 5.06. The lowest BCUT2D eigenvalue weighted by atomic mass is 9.93. The summed E-state index contributed by atoms with van der Waals surface area (Å²) in [6.07, 6.45) is 1.28. The van der Waals surface area contributed by atoms with Gasteiger partial charge in [-0.25, -0.2) is 0 Å². The summed E-state index contributed by atoms with van der Waals surface area (Å²) in [5, 5.41) is 12.0. The Morgan fingerprint density at radius 1 is 1.48 bits per heavy atom. The fourth-order valence-electron chi connectivity index (χ4n) is 2.63. The van der Waals surface area contributed by atoms with Gasteiger partial charge in [0.2, 0.25) is 5.91 Å². The van der Waals surface area contributed by atoms with Gasteiger partial charge in [0.25, 0.3) is 0 Å². The average molecular weight is 287 g/mol. The highest BCUT2D eigenvalue weighted by Crippen LogP contribution is 2.24. The van der Waals surface area contributed by atoms with Crippen LogP contribution in [-0.2, 0) is 16.0 Å². The first-order valence-electron chi connectivity index (χ1n) is 7.23. The number of fused-ring (bicyclic) bond motifs is 1. The highest BCUT2D eigenvalue weighted by Gasteiger charge is 2.29. The molecular weight excluding hydrogens is 266 g/mol. The Morgan fingerprint density at radius 3 is 3.05 bits per heavy atom. The van der Waals surface area contributed by atoms with Crippen LogP contribution in [0.15, 0.2) is 24.3 Å². The number of nitriles is 1. The van der Waals surface area contributed by atoms with Crippen LogP contribution in [0.4, 0.5) is 0 Å². The molecule has 1 aromatic rings. The van der Waals surface area contributed by atoms with Gasteiger partial charge in [-0.15, -0.1) is 0 Å². The first-order valence-corrected chi connectivity index (χ1v) is 7.23. The van der Waals surface area contributed by atoms with Crippen molar-refractivity contribution in [3.05, 3.63) is 35.4 Å². The van der Waals surface area contributed by atoms with Gasteiger partial charge in [-0.1, -0.05) is 24.3 Å². The maximum absolute atomic E-state index is 12.8. The Morgan fingerprint density at radius 2 is 2.29 bits per heavy atom. The number of carbonyl (C=O) groups excluding carboxylic acids is 1. The van der Waals surface area contributed by atoms with E-state index in [2.05, 4.69) is 17.5 Å². The van der Waals surface area contributed by atoms with Crippen molar-refractivity contribution in [2.24, 2.45) is 0 Å². The van der Waals surface area contributed by atoms with Crippen molar-refractivity contribution < 1.29 is 9.53 Å². The number of hydrogen-bond donors (Lipinski definition) is 1. The van der Waals surface area contributed by atoms with Gasteiger partial charge in [0, 0.05) is 26.7 Å². The zero-order valence-electron chi connectivity index (χ0n) is 12.3. The Bertz CT molecular complexity index is 524. The summed E-state index contributed by atoms with van der Waals surface area (Å²) in [6, 6.07) is 9.82. The highest BCUT2D eigenvalue weighted by molar-refractivity contribution is 5.84. The lowest BCUT2D eigenvalue weighted by Crippen LogP contribution is -2.45. The van der Waals surface area contributed by atoms with E-state index in [4.69, 9.17) is 10.00 Å². The van der Waals surface area contributed by atoms with Crippen LogP contribution in [-0.4, -0.2) is 44.2 Å². The number of nitrogens with one attached hydrogen (secondary N) is 1. The summed E-state index contributed by atoms with van der Waals surface area (Å²) in [7, 11) is 1.61. The second-order valence-corrected chi connectivity index (χ2v) is 5.06. The monoisotopic (exact) mass is 287 g/mol. The number of carbonyl (C=O) groups is 1. The number of ether oxygens (including phenoxy) is 1. The van der Waals surface area contributed by atoms with Crippen molar-refractivity contribution in [3.8, 4) is 6.07 Å². The molecule has 0 spiro atoms. The van der Waals surface area contributed by atoms with Gasteiger partial charge < -0.3 is 15.0 Å². The molecule has 0 aromatic heterocycles. The number of amides is 1. The lowest BCUT2D eigenvalue weighted by molar-refractivity contribution is -0.134. The number of rotatable bonds is 6. The number of hydrogen-bond acceptors (Lipinski definition) is 4. The largest absolute Gasteiger partial charge is 0.383 e. The minimum absolute atomic E-state index is 0.0226. The van der Waals surface area contributed by atoms with Crippen molar-refractivity contribution in [3.63, 3.8) is 0 Å². The van der Waals surface area contributed by atoms with E-state index in [1.165, 1.54) is 5.56 Å². The van der Waals surface area contributed by atoms with Gasteiger partial charge >= 0.3 is 0 Å². The third-order valence-corrected chi connectivity index (χ3v) is 3.73. The number of benzene rings is 1. The summed E-state index contributed by atoms with van der Waals surface area (Å²) in [6.45, 7) is 2.23. The smallest absolute Gasteiger partial charge is 0.244 e. The SMILES string of the molecule is COCCN(CCC#N)C(=O)C1NCCc2ccccc21. The van der Waals surface area contributed by atoms with Crippen LogP contribution >= 0.6 is 0 Å². The molecule has 0 bridgehead atoms. The molecule has 5 heteroatoms. The Labute approximate surface area is 125 Å². The van der Waals surface area contributed by atoms with Gasteiger partial charge in [0.15, 0.2) is 0 Å². The van der Waals surface area contributed by atoms with Crippen molar-refractivity contribution in [1.29, 1.82) is 5.26 Å². The van der Waals surface area contributed by atoms with Crippen molar-refractivity contribution in [1.82, 2.24) is 10.2 Å². The molecule has 0 saturated heterocycles. The molecular formula is C16H21N3O2. The number of methoxy groups -OCH3 is 1. The standard InChI is InChI=1S/C16H21N3O2/c1-21-12-11-19(10-4-8-17)16(20)15-14-6-3-2-5-13(14)7-9-18-15/h2-3,5-6,15,18H,4,7,9-12H2,1H3. The maximum atomic E-state index is 12.8. The van der Waals surface area contributed by atoms with Crippen LogP contribution in [0.25, 0.3) is 0 Å². The molecule has 0 radical (unpaired) electrons. The third kappa shape index (κ3) is 3.81. The van der Waals surface area contributed by atoms with E-state index in [0.29, 0.717) is 26.1 Å². The van der Waals surface area contributed by atoms with Crippen LogP contribution in [0.2, 0.25) is 0 Å². The molecule has 1 aliphatic heterocycles. The molecule has 1 aromatic carbocycles. The Hall–Kier alpha value is -1.90.